The molecular weight excluding hydrogens is 434 g/mol. The van der Waals surface area contributed by atoms with E-state index in [0.29, 0.717) is 44.8 Å². The minimum atomic E-state index is -0.439. The Morgan fingerprint density at radius 1 is 0.939 bits per heavy atom. The van der Waals surface area contributed by atoms with Gasteiger partial charge in [0.2, 0.25) is 0 Å². The molecule has 4 rings (SSSR count). The van der Waals surface area contributed by atoms with Crippen molar-refractivity contribution in [2.24, 2.45) is 5.73 Å². The Balaban J connectivity index is 1.54. The zero-order chi connectivity index (χ0) is 23.0. The molecule has 170 valence electrons. The lowest BCUT2D eigenvalue weighted by atomic mass is 10.1. The van der Waals surface area contributed by atoms with Crippen LogP contribution in [0.1, 0.15) is 22.4 Å². The van der Waals surface area contributed by atoms with Gasteiger partial charge in [-0.25, -0.2) is 4.79 Å². The highest BCUT2D eigenvalue weighted by molar-refractivity contribution is 7.11. The Morgan fingerprint density at radius 2 is 1.73 bits per heavy atom. The van der Waals surface area contributed by atoms with Gasteiger partial charge in [0.1, 0.15) is 12.4 Å². The van der Waals surface area contributed by atoms with Crippen LogP contribution in [-0.2, 0) is 11.4 Å². The third kappa shape index (κ3) is 6.02. The zero-order valence-corrected chi connectivity index (χ0v) is 19.2. The van der Waals surface area contributed by atoms with Gasteiger partial charge in [-0.2, -0.15) is 0 Å². The van der Waals surface area contributed by atoms with Crippen LogP contribution in [0.3, 0.4) is 0 Å². The number of primary amides is 1. The molecule has 1 aromatic heterocycles. The minimum absolute atomic E-state index is 0.0422. The highest BCUT2D eigenvalue weighted by Crippen LogP contribution is 2.27. The van der Waals surface area contributed by atoms with E-state index in [-0.39, 0.29) is 5.91 Å². The third-order valence-electron chi connectivity index (χ3n) is 5.53. The largest absolute Gasteiger partial charge is 0.489 e. The number of nitrogens with zero attached hydrogens (tertiary/aromatic N) is 2. The van der Waals surface area contributed by atoms with Gasteiger partial charge < -0.3 is 20.3 Å². The van der Waals surface area contributed by atoms with Crippen LogP contribution in [0.15, 0.2) is 72.1 Å². The van der Waals surface area contributed by atoms with Crippen molar-refractivity contribution in [2.45, 2.75) is 13.0 Å². The van der Waals surface area contributed by atoms with Gasteiger partial charge in [0.25, 0.3) is 5.91 Å². The number of thiophene rings is 1. The van der Waals surface area contributed by atoms with Crippen molar-refractivity contribution in [3.05, 3.63) is 88.1 Å². The van der Waals surface area contributed by atoms with E-state index in [1.165, 1.54) is 11.3 Å². The zero-order valence-electron chi connectivity index (χ0n) is 18.4. The molecule has 2 N–H and O–H groups in total. The summed E-state index contributed by atoms with van der Waals surface area (Å²) < 4.78 is 5.96. The van der Waals surface area contributed by atoms with E-state index in [0.717, 1.165) is 21.8 Å². The van der Waals surface area contributed by atoms with E-state index in [1.807, 2.05) is 83.1 Å². The number of urea groups is 1. The Kier molecular flexibility index (Phi) is 7.42. The normalized spacial score (nSPS) is 14.6. The van der Waals surface area contributed by atoms with Crippen molar-refractivity contribution in [3.63, 3.8) is 0 Å². The van der Waals surface area contributed by atoms with Gasteiger partial charge in [0.05, 0.1) is 5.57 Å². The van der Waals surface area contributed by atoms with Gasteiger partial charge in [-0.15, -0.1) is 11.3 Å². The molecule has 2 aromatic carbocycles. The molecule has 1 aliphatic rings. The molecule has 0 spiro atoms. The summed E-state index contributed by atoms with van der Waals surface area (Å²) >= 11 is 1.53. The van der Waals surface area contributed by atoms with Crippen molar-refractivity contribution in [2.75, 3.05) is 26.2 Å². The van der Waals surface area contributed by atoms with Crippen molar-refractivity contribution < 1.29 is 14.3 Å². The van der Waals surface area contributed by atoms with E-state index in [1.54, 1.807) is 4.90 Å². The van der Waals surface area contributed by atoms with E-state index in [2.05, 4.69) is 0 Å². The molecule has 0 bridgehead atoms. The predicted molar refractivity (Wildman–Crippen MR) is 132 cm³/mol. The number of benzene rings is 2. The first-order valence-electron chi connectivity index (χ1n) is 11.0. The maximum absolute atomic E-state index is 13.5. The lowest BCUT2D eigenvalue weighted by Gasteiger charge is -2.22. The molecule has 2 heterocycles. The first kappa shape index (κ1) is 22.6. The number of carbonyl (C=O) groups is 2. The van der Waals surface area contributed by atoms with Crippen molar-refractivity contribution in [1.29, 1.82) is 0 Å². The maximum atomic E-state index is 13.5. The number of hydrogen-bond acceptors (Lipinski definition) is 4. The molecule has 0 radical (unpaired) electrons. The Labute approximate surface area is 197 Å². The number of ether oxygens (including phenoxy) is 1. The Morgan fingerprint density at radius 3 is 2.48 bits per heavy atom. The van der Waals surface area contributed by atoms with Crippen LogP contribution < -0.4 is 10.5 Å². The second-order valence-corrected chi connectivity index (χ2v) is 8.80. The number of hydrogen-bond donors (Lipinski definition) is 1. The van der Waals surface area contributed by atoms with E-state index >= 15 is 0 Å². The molecule has 3 amide bonds. The fraction of sp³-hybridized carbons (Fsp3) is 0.231. The molecule has 1 aliphatic heterocycles. The van der Waals surface area contributed by atoms with Gasteiger partial charge >= 0.3 is 6.03 Å². The Hall–Kier alpha value is -3.58. The number of nitrogens with two attached hydrogens (primary N) is 1. The highest BCUT2D eigenvalue weighted by Gasteiger charge is 2.24. The van der Waals surface area contributed by atoms with Crippen LogP contribution in [0.25, 0.3) is 11.6 Å². The van der Waals surface area contributed by atoms with Crippen LogP contribution in [0.5, 0.6) is 5.75 Å². The van der Waals surface area contributed by atoms with Crippen LogP contribution in [-0.4, -0.2) is 47.9 Å². The van der Waals surface area contributed by atoms with Crippen LogP contribution in [0.4, 0.5) is 4.79 Å². The van der Waals surface area contributed by atoms with Crippen LogP contribution in [0, 0.1) is 0 Å². The van der Waals surface area contributed by atoms with Gasteiger partial charge in [-0.3, -0.25) is 4.79 Å². The molecule has 1 fully saturated rings. The average molecular weight is 462 g/mol. The second-order valence-electron chi connectivity index (χ2n) is 7.85. The summed E-state index contributed by atoms with van der Waals surface area (Å²) in [6.07, 6.45) is 2.62. The second kappa shape index (κ2) is 10.8. The molecule has 6 nitrogen and oxygen atoms in total. The van der Waals surface area contributed by atoms with Gasteiger partial charge in [-0.1, -0.05) is 48.5 Å². The summed E-state index contributed by atoms with van der Waals surface area (Å²) in [5.74, 6) is 0.705. The minimum Gasteiger partial charge on any atom is -0.489 e. The fourth-order valence-electron chi connectivity index (χ4n) is 3.78. The standard InChI is InChI=1S/C26H27N3O3S/c27-26(31)29-13-6-12-28(14-15-29)25(30)23(24-11-5-16-33-24)18-21-9-4-10-22(17-21)32-19-20-7-2-1-3-8-20/h1-5,7-11,16-18H,6,12-15,19H2,(H2,27,31). The van der Waals surface area contributed by atoms with Crippen molar-refractivity contribution in [3.8, 4) is 5.75 Å². The van der Waals surface area contributed by atoms with E-state index < -0.39 is 6.03 Å². The van der Waals surface area contributed by atoms with Crippen molar-refractivity contribution >= 4 is 34.9 Å². The van der Waals surface area contributed by atoms with Gasteiger partial charge in [0, 0.05) is 31.1 Å². The van der Waals surface area contributed by atoms with E-state index in [4.69, 9.17) is 10.5 Å². The number of amides is 3. The number of carbonyl (C=O) groups excluding carboxylic acids is 2. The first-order chi connectivity index (χ1) is 16.1. The monoisotopic (exact) mass is 461 g/mol. The van der Waals surface area contributed by atoms with Crippen LogP contribution >= 0.6 is 11.3 Å². The topological polar surface area (TPSA) is 75.9 Å². The summed E-state index contributed by atoms with van der Waals surface area (Å²) in [7, 11) is 0. The predicted octanol–water partition coefficient (Wildman–Crippen LogP) is 4.48. The molecule has 33 heavy (non-hydrogen) atoms. The molecule has 0 aliphatic carbocycles. The fourth-order valence-corrected chi connectivity index (χ4v) is 4.52. The van der Waals surface area contributed by atoms with Gasteiger partial charge in [-0.05, 0) is 47.2 Å². The summed E-state index contributed by atoms with van der Waals surface area (Å²) in [6.45, 7) is 2.55. The summed E-state index contributed by atoms with van der Waals surface area (Å²) in [5, 5.41) is 1.97. The molecule has 0 unspecified atom stereocenters. The molecule has 3 aromatic rings. The highest BCUT2D eigenvalue weighted by atomic mass is 32.1. The lowest BCUT2D eigenvalue weighted by molar-refractivity contribution is -0.124. The first-order valence-corrected chi connectivity index (χ1v) is 11.8. The van der Waals surface area contributed by atoms with E-state index in [9.17, 15) is 9.59 Å². The van der Waals surface area contributed by atoms with Crippen LogP contribution in [0.2, 0.25) is 0 Å². The average Bonchev–Trinajstić information content (AvgIpc) is 3.25. The van der Waals surface area contributed by atoms with Gasteiger partial charge in [0.15, 0.2) is 0 Å². The third-order valence-corrected chi connectivity index (χ3v) is 6.43. The summed E-state index contributed by atoms with van der Waals surface area (Å²) in [6, 6.07) is 21.2. The molecule has 0 saturated carbocycles. The van der Waals surface area contributed by atoms with Crippen molar-refractivity contribution in [1.82, 2.24) is 9.80 Å². The quantitative estimate of drug-likeness (QED) is 0.550. The summed E-state index contributed by atoms with van der Waals surface area (Å²) in [5.41, 5.74) is 8.06. The molecular formula is C26H27N3O3S. The lowest BCUT2D eigenvalue weighted by Crippen LogP contribution is -2.39. The summed E-state index contributed by atoms with van der Waals surface area (Å²) in [4.78, 5) is 29.4. The molecule has 1 saturated heterocycles. The SMILES string of the molecule is NC(=O)N1CCCN(C(=O)C(=Cc2cccc(OCc3ccccc3)c2)c2cccs2)CC1. The molecule has 7 heteroatoms. The maximum Gasteiger partial charge on any atom is 0.314 e. The Bertz CT molecular complexity index is 1110. The smallest absolute Gasteiger partial charge is 0.314 e. The number of rotatable bonds is 6. The molecule has 0 atom stereocenters.